The van der Waals surface area contributed by atoms with Gasteiger partial charge in [0.2, 0.25) is 5.91 Å². The van der Waals surface area contributed by atoms with Gasteiger partial charge in [-0.2, -0.15) is 0 Å². The van der Waals surface area contributed by atoms with Crippen molar-refractivity contribution in [1.29, 1.82) is 0 Å². The Bertz CT molecular complexity index is 443. The predicted octanol–water partition coefficient (Wildman–Crippen LogP) is 5.73. The maximum atomic E-state index is 12.7. The first kappa shape index (κ1) is 19.0. The third kappa shape index (κ3) is 6.39. The monoisotopic (exact) mass is 323 g/mol. The first-order valence-electron chi connectivity index (χ1n) is 8.54. The van der Waals surface area contributed by atoms with Gasteiger partial charge in [0.25, 0.3) is 0 Å². The molecule has 0 aromatic heterocycles. The van der Waals surface area contributed by atoms with E-state index in [1.165, 1.54) is 12.8 Å². The van der Waals surface area contributed by atoms with E-state index < -0.39 is 0 Å². The number of rotatable bonds is 10. The molecule has 0 aliphatic rings. The van der Waals surface area contributed by atoms with Gasteiger partial charge >= 0.3 is 0 Å². The summed E-state index contributed by atoms with van der Waals surface area (Å²) in [5, 5.41) is 3.84. The maximum absolute atomic E-state index is 12.7. The van der Waals surface area contributed by atoms with Crippen LogP contribution in [-0.2, 0) is 11.3 Å². The van der Waals surface area contributed by atoms with Gasteiger partial charge in [-0.05, 0) is 30.5 Å². The zero-order valence-corrected chi connectivity index (χ0v) is 15.0. The van der Waals surface area contributed by atoms with Gasteiger partial charge in [0, 0.05) is 17.0 Å². The van der Waals surface area contributed by atoms with Crippen LogP contribution in [0.5, 0.6) is 0 Å². The third-order valence-electron chi connectivity index (χ3n) is 4.33. The van der Waals surface area contributed by atoms with Crippen molar-refractivity contribution in [2.45, 2.75) is 72.3 Å². The Morgan fingerprint density at radius 3 is 2.23 bits per heavy atom. The largest absolute Gasteiger partial charge is 0.352 e. The normalized spacial score (nSPS) is 13.6. The number of hydrogen-bond donors (Lipinski definition) is 1. The number of carbonyl (C=O) groups is 1. The number of carbonyl (C=O) groups excluding carboxylic acids is 1. The van der Waals surface area contributed by atoms with Crippen molar-refractivity contribution in [3.05, 3.63) is 34.9 Å². The Labute approximate surface area is 140 Å². The van der Waals surface area contributed by atoms with Gasteiger partial charge in [0.05, 0.1) is 0 Å². The molecule has 0 aliphatic carbocycles. The molecule has 2 nitrogen and oxygen atoms in total. The summed E-state index contributed by atoms with van der Waals surface area (Å²) >= 11 is 5.89. The second-order valence-corrected chi connectivity index (χ2v) is 6.87. The molecule has 0 bridgehead atoms. The van der Waals surface area contributed by atoms with Crippen molar-refractivity contribution in [3.8, 4) is 0 Å². The lowest BCUT2D eigenvalue weighted by Gasteiger charge is -2.28. The smallest absolute Gasteiger partial charge is 0.226 e. The fourth-order valence-corrected chi connectivity index (χ4v) is 2.81. The Kier molecular flexibility index (Phi) is 8.55. The van der Waals surface area contributed by atoms with Crippen molar-refractivity contribution >= 4 is 17.5 Å². The van der Waals surface area contributed by atoms with E-state index in [0.29, 0.717) is 6.54 Å². The average molecular weight is 324 g/mol. The molecule has 0 radical (unpaired) electrons. The highest BCUT2D eigenvalue weighted by Crippen LogP contribution is 2.31. The molecule has 0 saturated carbocycles. The topological polar surface area (TPSA) is 29.1 Å². The zero-order valence-electron chi connectivity index (χ0n) is 14.3. The molecule has 0 heterocycles. The van der Waals surface area contributed by atoms with Gasteiger partial charge in [0.1, 0.15) is 0 Å². The molecule has 0 spiro atoms. The molecule has 1 unspecified atom stereocenters. The van der Waals surface area contributed by atoms with Crippen molar-refractivity contribution in [2.24, 2.45) is 5.41 Å². The van der Waals surface area contributed by atoms with E-state index in [1.54, 1.807) is 0 Å². The van der Waals surface area contributed by atoms with Crippen LogP contribution in [0.4, 0.5) is 0 Å². The summed E-state index contributed by atoms with van der Waals surface area (Å²) in [5.41, 5.74) is 0.849. The van der Waals surface area contributed by atoms with E-state index in [-0.39, 0.29) is 11.3 Å². The summed E-state index contributed by atoms with van der Waals surface area (Å²) in [5.74, 6) is 0.187. The Morgan fingerprint density at radius 1 is 1.05 bits per heavy atom. The third-order valence-corrected chi connectivity index (χ3v) is 4.58. The van der Waals surface area contributed by atoms with Gasteiger partial charge in [0.15, 0.2) is 0 Å². The minimum atomic E-state index is -0.238. The van der Waals surface area contributed by atoms with Crippen LogP contribution in [0.2, 0.25) is 5.02 Å². The Balaban J connectivity index is 2.59. The lowest BCUT2D eigenvalue weighted by molar-refractivity contribution is -0.131. The molecule has 0 fully saturated rings. The number of benzene rings is 1. The highest BCUT2D eigenvalue weighted by molar-refractivity contribution is 6.30. The highest BCUT2D eigenvalue weighted by atomic mass is 35.5. The number of unbranched alkanes of at least 4 members (excludes halogenated alkanes) is 3. The molecule has 0 saturated heterocycles. The first-order chi connectivity index (χ1) is 10.5. The maximum Gasteiger partial charge on any atom is 0.226 e. The summed E-state index contributed by atoms with van der Waals surface area (Å²) in [6, 6.07) is 7.65. The van der Waals surface area contributed by atoms with E-state index in [2.05, 4.69) is 26.1 Å². The van der Waals surface area contributed by atoms with Crippen LogP contribution < -0.4 is 5.32 Å². The van der Waals surface area contributed by atoms with Gasteiger partial charge in [-0.15, -0.1) is 0 Å². The van der Waals surface area contributed by atoms with E-state index in [4.69, 9.17) is 11.6 Å². The molecule has 1 aromatic rings. The Morgan fingerprint density at radius 2 is 1.64 bits per heavy atom. The van der Waals surface area contributed by atoms with E-state index in [1.807, 2.05) is 24.3 Å². The summed E-state index contributed by atoms with van der Waals surface area (Å²) < 4.78 is 0. The van der Waals surface area contributed by atoms with Crippen molar-refractivity contribution in [3.63, 3.8) is 0 Å². The Hall–Kier alpha value is -1.02. The van der Waals surface area contributed by atoms with Crippen LogP contribution in [0.25, 0.3) is 0 Å². The molecule has 1 rings (SSSR count). The van der Waals surface area contributed by atoms with Crippen LogP contribution >= 0.6 is 11.6 Å². The molecule has 1 atom stereocenters. The summed E-state index contributed by atoms with van der Waals surface area (Å²) in [4.78, 5) is 12.7. The molecule has 124 valence electrons. The van der Waals surface area contributed by atoms with Gasteiger partial charge in [-0.3, -0.25) is 4.79 Å². The molecule has 1 aromatic carbocycles. The molecule has 3 heteroatoms. The van der Waals surface area contributed by atoms with Crippen molar-refractivity contribution in [1.82, 2.24) is 5.32 Å². The predicted molar refractivity (Wildman–Crippen MR) is 95.1 cm³/mol. The van der Waals surface area contributed by atoms with Crippen molar-refractivity contribution in [2.75, 3.05) is 0 Å². The lowest BCUT2D eigenvalue weighted by Crippen LogP contribution is -2.38. The number of amides is 1. The van der Waals surface area contributed by atoms with E-state index in [9.17, 15) is 4.79 Å². The van der Waals surface area contributed by atoms with Crippen LogP contribution in [0, 0.1) is 5.41 Å². The molecule has 22 heavy (non-hydrogen) atoms. The SMILES string of the molecule is CCCCCC(C)(CCCC)C(=O)NCc1ccc(Cl)cc1. The number of nitrogens with one attached hydrogen (secondary N) is 1. The van der Waals surface area contributed by atoms with Crippen LogP contribution in [0.15, 0.2) is 24.3 Å². The second kappa shape index (κ2) is 9.89. The standard InChI is InChI=1S/C19H30ClNO/c1-4-6-8-14-19(3,13-7-5-2)18(22)21-15-16-9-11-17(20)12-10-16/h9-12H,4-8,13-15H2,1-3H3,(H,21,22). The molecular weight excluding hydrogens is 294 g/mol. The quantitative estimate of drug-likeness (QED) is 0.547. The van der Waals surface area contributed by atoms with E-state index in [0.717, 1.165) is 42.7 Å². The van der Waals surface area contributed by atoms with Crippen LogP contribution in [-0.4, -0.2) is 5.91 Å². The number of halogens is 1. The molecule has 1 amide bonds. The first-order valence-corrected chi connectivity index (χ1v) is 8.92. The molecule has 1 N–H and O–H groups in total. The summed E-state index contributed by atoms with van der Waals surface area (Å²) in [6.45, 7) is 7.07. The van der Waals surface area contributed by atoms with Crippen LogP contribution in [0.3, 0.4) is 0 Å². The van der Waals surface area contributed by atoms with Gasteiger partial charge in [-0.1, -0.05) is 76.6 Å². The fourth-order valence-electron chi connectivity index (χ4n) is 2.68. The fraction of sp³-hybridized carbons (Fsp3) is 0.632. The minimum Gasteiger partial charge on any atom is -0.352 e. The van der Waals surface area contributed by atoms with Gasteiger partial charge in [-0.25, -0.2) is 0 Å². The summed E-state index contributed by atoms with van der Waals surface area (Å²) in [6.07, 6.45) is 7.71. The zero-order chi connectivity index (χ0) is 16.4. The second-order valence-electron chi connectivity index (χ2n) is 6.43. The highest BCUT2D eigenvalue weighted by Gasteiger charge is 2.31. The minimum absolute atomic E-state index is 0.187. The van der Waals surface area contributed by atoms with Crippen molar-refractivity contribution < 1.29 is 4.79 Å². The molecule has 0 aliphatic heterocycles. The lowest BCUT2D eigenvalue weighted by atomic mass is 9.79. The van der Waals surface area contributed by atoms with E-state index >= 15 is 0 Å². The molecular formula is C19H30ClNO. The van der Waals surface area contributed by atoms with Gasteiger partial charge < -0.3 is 5.32 Å². The summed E-state index contributed by atoms with van der Waals surface area (Å²) in [7, 11) is 0. The number of hydrogen-bond acceptors (Lipinski definition) is 1. The average Bonchev–Trinajstić information content (AvgIpc) is 2.52. The van der Waals surface area contributed by atoms with Crippen LogP contribution in [0.1, 0.15) is 71.3 Å².